The van der Waals surface area contributed by atoms with Crippen molar-refractivity contribution in [2.75, 3.05) is 0 Å². The third kappa shape index (κ3) is 4.50. The lowest BCUT2D eigenvalue weighted by molar-refractivity contribution is -0.156. The van der Waals surface area contributed by atoms with E-state index in [-0.39, 0.29) is 24.5 Å². The Kier molecular flexibility index (Phi) is 6.03. The molecule has 0 radical (unpaired) electrons. The largest absolute Gasteiger partial charge is 0.461 e. The highest BCUT2D eigenvalue weighted by molar-refractivity contribution is 5.85. The van der Waals surface area contributed by atoms with Crippen LogP contribution in [0.2, 0.25) is 0 Å². The van der Waals surface area contributed by atoms with E-state index in [0.717, 1.165) is 25.7 Å². The third-order valence-corrected chi connectivity index (χ3v) is 3.74. The SMILES string of the molecule is CC(C)(N)C(=O)O[C@H]1CC[C@H](c2ccccc2)CC1.Cl. The molecular weight excluding hydrogens is 274 g/mol. The Morgan fingerprint density at radius 2 is 1.70 bits per heavy atom. The second-order valence-electron chi connectivity index (χ2n) is 6.01. The minimum absolute atomic E-state index is 0. The number of esters is 1. The zero-order valence-electron chi connectivity index (χ0n) is 12.2. The maximum absolute atomic E-state index is 11.7. The van der Waals surface area contributed by atoms with Crippen LogP contribution in [0, 0.1) is 0 Å². The highest BCUT2D eigenvalue weighted by atomic mass is 35.5. The molecule has 20 heavy (non-hydrogen) atoms. The number of halogens is 1. The second kappa shape index (κ2) is 7.09. The van der Waals surface area contributed by atoms with Crippen molar-refractivity contribution < 1.29 is 9.53 Å². The molecule has 1 saturated carbocycles. The van der Waals surface area contributed by atoms with Crippen molar-refractivity contribution in [2.45, 2.75) is 57.1 Å². The summed E-state index contributed by atoms with van der Waals surface area (Å²) >= 11 is 0. The van der Waals surface area contributed by atoms with E-state index >= 15 is 0 Å². The minimum atomic E-state index is -0.893. The van der Waals surface area contributed by atoms with Crippen molar-refractivity contribution in [2.24, 2.45) is 5.73 Å². The molecule has 0 heterocycles. The van der Waals surface area contributed by atoms with Gasteiger partial charge in [0, 0.05) is 0 Å². The molecule has 1 fully saturated rings. The first-order valence-corrected chi connectivity index (χ1v) is 7.01. The van der Waals surface area contributed by atoms with E-state index in [1.807, 2.05) is 6.07 Å². The second-order valence-corrected chi connectivity index (χ2v) is 6.01. The van der Waals surface area contributed by atoms with Gasteiger partial charge in [-0.1, -0.05) is 30.3 Å². The van der Waals surface area contributed by atoms with Crippen molar-refractivity contribution in [3.8, 4) is 0 Å². The van der Waals surface area contributed by atoms with Gasteiger partial charge in [-0.15, -0.1) is 12.4 Å². The van der Waals surface area contributed by atoms with E-state index in [4.69, 9.17) is 10.5 Å². The molecule has 0 amide bonds. The van der Waals surface area contributed by atoms with Gasteiger partial charge in [0.2, 0.25) is 0 Å². The molecule has 1 aliphatic carbocycles. The average molecular weight is 298 g/mol. The van der Waals surface area contributed by atoms with Crippen molar-refractivity contribution in [3.63, 3.8) is 0 Å². The van der Waals surface area contributed by atoms with E-state index in [0.29, 0.717) is 5.92 Å². The molecule has 0 atom stereocenters. The van der Waals surface area contributed by atoms with Gasteiger partial charge in [-0.05, 0) is 51.0 Å². The number of hydrogen-bond acceptors (Lipinski definition) is 3. The van der Waals surface area contributed by atoms with Gasteiger partial charge < -0.3 is 10.5 Å². The Bertz CT molecular complexity index is 420. The molecule has 1 aromatic rings. The van der Waals surface area contributed by atoms with Crippen LogP contribution in [0.1, 0.15) is 51.0 Å². The summed E-state index contributed by atoms with van der Waals surface area (Å²) < 4.78 is 5.48. The summed E-state index contributed by atoms with van der Waals surface area (Å²) in [5, 5.41) is 0. The zero-order chi connectivity index (χ0) is 13.9. The van der Waals surface area contributed by atoms with Crippen molar-refractivity contribution in [1.29, 1.82) is 0 Å². The highest BCUT2D eigenvalue weighted by Gasteiger charge is 2.29. The third-order valence-electron chi connectivity index (χ3n) is 3.74. The number of carbonyl (C=O) groups excluding carboxylic acids is 1. The molecule has 0 unspecified atom stereocenters. The molecule has 2 rings (SSSR count). The van der Waals surface area contributed by atoms with Gasteiger partial charge in [0.05, 0.1) is 0 Å². The van der Waals surface area contributed by atoms with Gasteiger partial charge in [0.15, 0.2) is 0 Å². The Morgan fingerprint density at radius 3 is 2.20 bits per heavy atom. The molecule has 0 saturated heterocycles. The lowest BCUT2D eigenvalue weighted by Gasteiger charge is -2.30. The Balaban J connectivity index is 0.00000200. The predicted molar refractivity (Wildman–Crippen MR) is 83.0 cm³/mol. The maximum Gasteiger partial charge on any atom is 0.325 e. The summed E-state index contributed by atoms with van der Waals surface area (Å²) in [7, 11) is 0. The Hall–Kier alpha value is -1.06. The molecule has 0 aromatic heterocycles. The summed E-state index contributed by atoms with van der Waals surface area (Å²) in [6.45, 7) is 3.37. The van der Waals surface area contributed by atoms with E-state index < -0.39 is 5.54 Å². The van der Waals surface area contributed by atoms with Crippen LogP contribution in [-0.4, -0.2) is 17.6 Å². The number of ether oxygens (including phenoxy) is 1. The van der Waals surface area contributed by atoms with E-state index in [1.54, 1.807) is 13.8 Å². The molecule has 3 nitrogen and oxygen atoms in total. The smallest absolute Gasteiger partial charge is 0.325 e. The summed E-state index contributed by atoms with van der Waals surface area (Å²) in [6, 6.07) is 10.6. The van der Waals surface area contributed by atoms with Crippen LogP contribution in [0.5, 0.6) is 0 Å². The first kappa shape index (κ1) is 17.0. The highest BCUT2D eigenvalue weighted by Crippen LogP contribution is 2.34. The lowest BCUT2D eigenvalue weighted by atomic mass is 9.83. The molecular formula is C16H24ClNO2. The van der Waals surface area contributed by atoms with Crippen LogP contribution >= 0.6 is 12.4 Å². The summed E-state index contributed by atoms with van der Waals surface area (Å²) in [6.07, 6.45) is 4.05. The normalized spacial score (nSPS) is 22.8. The summed E-state index contributed by atoms with van der Waals surface area (Å²) in [5.74, 6) is 0.303. The van der Waals surface area contributed by atoms with Crippen LogP contribution in [0.15, 0.2) is 30.3 Å². The topological polar surface area (TPSA) is 52.3 Å². The molecule has 4 heteroatoms. The average Bonchev–Trinajstić information content (AvgIpc) is 2.39. The Morgan fingerprint density at radius 1 is 1.15 bits per heavy atom. The van der Waals surface area contributed by atoms with Gasteiger partial charge in [-0.25, -0.2) is 0 Å². The van der Waals surface area contributed by atoms with Crippen molar-refractivity contribution in [1.82, 2.24) is 0 Å². The molecule has 1 aliphatic rings. The fourth-order valence-corrected chi connectivity index (χ4v) is 2.54. The summed E-state index contributed by atoms with van der Waals surface area (Å²) in [4.78, 5) is 11.7. The van der Waals surface area contributed by atoms with E-state index in [1.165, 1.54) is 5.56 Å². The van der Waals surface area contributed by atoms with Gasteiger partial charge in [-0.3, -0.25) is 4.79 Å². The number of carbonyl (C=O) groups is 1. The molecule has 2 N–H and O–H groups in total. The van der Waals surface area contributed by atoms with Crippen molar-refractivity contribution in [3.05, 3.63) is 35.9 Å². The number of rotatable bonds is 3. The van der Waals surface area contributed by atoms with E-state index in [9.17, 15) is 4.79 Å². The Labute approximate surface area is 127 Å². The van der Waals surface area contributed by atoms with Crippen LogP contribution in [0.25, 0.3) is 0 Å². The standard InChI is InChI=1S/C16H23NO2.ClH/c1-16(2,17)15(18)19-14-10-8-13(9-11-14)12-6-4-3-5-7-12;/h3-7,13-14H,8-11,17H2,1-2H3;1H/t13-,14-;. The molecule has 112 valence electrons. The van der Waals surface area contributed by atoms with Gasteiger partial charge >= 0.3 is 5.97 Å². The first-order valence-electron chi connectivity index (χ1n) is 7.01. The van der Waals surface area contributed by atoms with Crippen LogP contribution in [0.4, 0.5) is 0 Å². The fraction of sp³-hybridized carbons (Fsp3) is 0.562. The maximum atomic E-state index is 11.7. The quantitative estimate of drug-likeness (QED) is 0.870. The van der Waals surface area contributed by atoms with Gasteiger partial charge in [0.1, 0.15) is 11.6 Å². The van der Waals surface area contributed by atoms with Crippen LogP contribution in [-0.2, 0) is 9.53 Å². The summed E-state index contributed by atoms with van der Waals surface area (Å²) in [5.41, 5.74) is 6.24. The fourth-order valence-electron chi connectivity index (χ4n) is 2.54. The molecule has 1 aromatic carbocycles. The van der Waals surface area contributed by atoms with E-state index in [2.05, 4.69) is 24.3 Å². The van der Waals surface area contributed by atoms with Crippen LogP contribution < -0.4 is 5.73 Å². The van der Waals surface area contributed by atoms with Crippen LogP contribution in [0.3, 0.4) is 0 Å². The van der Waals surface area contributed by atoms with Gasteiger partial charge in [-0.2, -0.15) is 0 Å². The molecule has 0 spiro atoms. The zero-order valence-corrected chi connectivity index (χ0v) is 13.0. The minimum Gasteiger partial charge on any atom is -0.461 e. The predicted octanol–water partition coefficient (Wildman–Crippen LogP) is 3.42. The number of benzene rings is 1. The number of nitrogens with two attached hydrogens (primary N) is 1. The molecule has 0 aliphatic heterocycles. The molecule has 0 bridgehead atoms. The van der Waals surface area contributed by atoms with Crippen molar-refractivity contribution >= 4 is 18.4 Å². The number of hydrogen-bond donors (Lipinski definition) is 1. The lowest BCUT2D eigenvalue weighted by Crippen LogP contribution is -2.44. The van der Waals surface area contributed by atoms with Gasteiger partial charge in [0.25, 0.3) is 0 Å². The first-order chi connectivity index (χ1) is 8.97. The monoisotopic (exact) mass is 297 g/mol.